The van der Waals surface area contributed by atoms with Crippen LogP contribution in [0.3, 0.4) is 0 Å². The van der Waals surface area contributed by atoms with Crippen molar-refractivity contribution in [3.63, 3.8) is 0 Å². The predicted octanol–water partition coefficient (Wildman–Crippen LogP) is 1.06. The summed E-state index contributed by atoms with van der Waals surface area (Å²) in [5.74, 6) is 0. The fourth-order valence-electron chi connectivity index (χ4n) is 0. The van der Waals surface area contributed by atoms with Crippen LogP contribution >= 0.6 is 7.23 Å². The molecule has 0 atom stereocenters. The summed E-state index contributed by atoms with van der Waals surface area (Å²) in [5.41, 5.74) is 0. The average Bonchev–Trinajstić information content (AvgIpc) is 1.37. The Morgan fingerprint density at radius 3 is 2.25 bits per heavy atom. The number of rotatable bonds is 1. The first-order valence-electron chi connectivity index (χ1n) is 1.02. The molecule has 3 heteroatoms. The number of hydrogen-bond donors (Lipinski definition) is 0. The number of hydrogen-bond acceptors (Lipinski definition) is 1. The lowest BCUT2D eigenvalue weighted by Gasteiger charge is -1.48. The van der Waals surface area contributed by atoms with E-state index in [9.17, 15) is 0 Å². The third-order valence-corrected chi connectivity index (χ3v) is 0.949. The van der Waals surface area contributed by atoms with Crippen LogP contribution in [0.25, 0.3) is 0 Å². The molecule has 0 spiro atoms. The molecule has 0 aliphatic rings. The third kappa shape index (κ3) is 2.58. The maximum Gasteiger partial charge on any atom is 0.195 e. The van der Waals surface area contributed by atoms with Crippen molar-refractivity contribution in [1.82, 2.24) is 0 Å². The molecule has 0 aliphatic heterocycles. The van der Waals surface area contributed by atoms with E-state index in [2.05, 4.69) is 11.8 Å². The van der Waals surface area contributed by atoms with Gasteiger partial charge in [-0.2, -0.15) is 0 Å². The van der Waals surface area contributed by atoms with Crippen LogP contribution in [0.4, 0.5) is 0 Å². The van der Waals surface area contributed by atoms with Crippen molar-refractivity contribution in [3.8, 4) is 0 Å². The van der Waals surface area contributed by atoms with E-state index in [4.69, 9.17) is 0 Å². The largest absolute Gasteiger partial charge is 0.195 e. The molecule has 0 heterocycles. The van der Waals surface area contributed by atoms with Crippen molar-refractivity contribution >= 4 is 26.0 Å². The predicted molar refractivity (Wildman–Crippen MR) is 25.9 cm³/mol. The second-order valence-electron chi connectivity index (χ2n) is 0.364. The van der Waals surface area contributed by atoms with Gasteiger partial charge in [0, 0.05) is 0 Å². The van der Waals surface area contributed by atoms with Gasteiger partial charge in [-0.05, 0) is 0 Å². The van der Waals surface area contributed by atoms with Crippen molar-refractivity contribution in [3.05, 3.63) is 0 Å². The normalized spacial score (nSPS) is 7.25. The molecule has 0 fully saturated rings. The van der Waals surface area contributed by atoms with Crippen molar-refractivity contribution in [1.29, 1.82) is 0 Å². The summed E-state index contributed by atoms with van der Waals surface area (Å²) in [6, 6.07) is 0. The zero-order valence-electron chi connectivity index (χ0n) is 2.43. The lowest BCUT2D eigenvalue weighted by Crippen LogP contribution is -1.47. The van der Waals surface area contributed by atoms with Crippen LogP contribution in [-0.4, -0.2) is 7.00 Å². The van der Waals surface area contributed by atoms with Gasteiger partial charge in [-0.15, -0.1) is 0 Å². The highest BCUT2D eigenvalue weighted by Gasteiger charge is 1.56. The molecule has 0 amide bonds. The highest BCUT2D eigenvalue weighted by Crippen LogP contribution is 1.79. The topological polar surface area (TPSA) is 0 Å². The summed E-state index contributed by atoms with van der Waals surface area (Å²) in [6.07, 6.45) is 0. The molecule has 0 aromatic carbocycles. The lowest BCUT2D eigenvalue weighted by molar-refractivity contribution is 2.38. The van der Waals surface area contributed by atoms with Gasteiger partial charge < -0.3 is 0 Å². The van der Waals surface area contributed by atoms with E-state index in [-0.39, 0.29) is 0 Å². The van der Waals surface area contributed by atoms with Crippen LogP contribution in [0.2, 0.25) is 6.82 Å². The zero-order valence-corrected chi connectivity index (χ0v) is 4.14. The van der Waals surface area contributed by atoms with E-state index in [0.29, 0.717) is 0 Å². The van der Waals surface area contributed by atoms with Gasteiger partial charge >= 0.3 is 0 Å². The molecular formula is CH3BPS. The van der Waals surface area contributed by atoms with E-state index in [1.165, 1.54) is 0 Å². The lowest BCUT2D eigenvalue weighted by atomic mass is 10.2. The highest BCUT2D eigenvalue weighted by molar-refractivity contribution is 8.08. The molecule has 0 bridgehead atoms. The van der Waals surface area contributed by atoms with Gasteiger partial charge in [-0.1, -0.05) is 25.9 Å². The van der Waals surface area contributed by atoms with E-state index in [0.717, 1.165) is 7.23 Å². The van der Waals surface area contributed by atoms with Gasteiger partial charge in [-0.25, -0.2) is 0 Å². The van der Waals surface area contributed by atoms with Crippen molar-refractivity contribution in [2.24, 2.45) is 0 Å². The summed E-state index contributed by atoms with van der Waals surface area (Å²) in [7, 11) is 0.957. The maximum absolute atomic E-state index is 4.47. The summed E-state index contributed by atoms with van der Waals surface area (Å²) >= 11 is 4.47. The highest BCUT2D eigenvalue weighted by atomic mass is 32.4. The Bertz CT molecular complexity index is 22.0. The molecule has 0 unspecified atom stereocenters. The van der Waals surface area contributed by atoms with Gasteiger partial charge in [0.05, 0.1) is 0 Å². The minimum atomic E-state index is 0.957. The van der Waals surface area contributed by atoms with E-state index < -0.39 is 0 Å². The molecule has 1 radical (unpaired) electrons. The molecular weight excluding hydrogens is 85.9 g/mol. The Kier molecular flexibility index (Phi) is 4.11. The first-order valence-corrected chi connectivity index (χ1v) is 3.00. The van der Waals surface area contributed by atoms with Crippen molar-refractivity contribution in [2.75, 3.05) is 0 Å². The second-order valence-corrected chi connectivity index (χ2v) is 1.72. The zero-order chi connectivity index (χ0) is 3.41. The minimum Gasteiger partial charge on any atom is -0.0857 e. The molecule has 0 rings (SSSR count). The van der Waals surface area contributed by atoms with Gasteiger partial charge in [0.1, 0.15) is 0 Å². The Morgan fingerprint density at radius 2 is 2.25 bits per heavy atom. The molecule has 0 nitrogen and oxygen atoms in total. The molecule has 0 aliphatic carbocycles. The van der Waals surface area contributed by atoms with Crippen LogP contribution in [0, 0.1) is 0 Å². The van der Waals surface area contributed by atoms with Gasteiger partial charge in [0.15, 0.2) is 7.00 Å². The molecule has 0 aromatic rings. The quantitative estimate of drug-likeness (QED) is 0.342. The van der Waals surface area contributed by atoms with Gasteiger partial charge in [-0.3, -0.25) is 0 Å². The maximum atomic E-state index is 4.47. The van der Waals surface area contributed by atoms with E-state index in [1.807, 2.05) is 13.8 Å². The molecule has 4 heavy (non-hydrogen) atoms. The summed E-state index contributed by atoms with van der Waals surface area (Å²) in [6.45, 7) is 3.85. The molecule has 0 saturated carbocycles. The SMILES string of the molecule is C[B]P=S. The molecule has 0 saturated heterocycles. The van der Waals surface area contributed by atoms with Crippen LogP contribution in [0.15, 0.2) is 0 Å². The fourth-order valence-corrected chi connectivity index (χ4v) is 0. The summed E-state index contributed by atoms with van der Waals surface area (Å²) in [5, 5.41) is 0. The smallest absolute Gasteiger partial charge is 0.0857 e. The van der Waals surface area contributed by atoms with Gasteiger partial charge in [0.25, 0.3) is 0 Å². The van der Waals surface area contributed by atoms with Crippen LogP contribution in [-0.2, 0) is 11.8 Å². The second kappa shape index (κ2) is 3.58. The summed E-state index contributed by atoms with van der Waals surface area (Å²) in [4.78, 5) is 0. The Labute approximate surface area is 33.6 Å². The molecule has 0 aromatic heterocycles. The third-order valence-electron chi connectivity index (χ3n) is 0.105. The van der Waals surface area contributed by atoms with Gasteiger partial charge in [0.2, 0.25) is 0 Å². The summed E-state index contributed by atoms with van der Waals surface area (Å²) < 4.78 is 0. The van der Waals surface area contributed by atoms with E-state index >= 15 is 0 Å². The first kappa shape index (κ1) is 4.58. The Morgan fingerprint density at radius 1 is 2.00 bits per heavy atom. The van der Waals surface area contributed by atoms with Crippen LogP contribution in [0.5, 0.6) is 0 Å². The fraction of sp³-hybridized carbons (Fsp3) is 1.00. The van der Waals surface area contributed by atoms with E-state index in [1.54, 1.807) is 0 Å². The average molecular weight is 88.9 g/mol. The van der Waals surface area contributed by atoms with Crippen LogP contribution < -0.4 is 0 Å². The minimum absolute atomic E-state index is 0.957. The Balaban J connectivity index is 2.30. The van der Waals surface area contributed by atoms with Crippen LogP contribution in [0.1, 0.15) is 0 Å². The standard InChI is InChI=1S/CH3BPS/c1-2-3-4/h1H3. The van der Waals surface area contributed by atoms with Crippen molar-refractivity contribution in [2.45, 2.75) is 6.82 Å². The molecule has 21 valence electrons. The van der Waals surface area contributed by atoms with Crippen molar-refractivity contribution < 1.29 is 0 Å². The molecule has 0 N–H and O–H groups in total. The monoisotopic (exact) mass is 89.0 g/mol. The first-order chi connectivity index (χ1) is 1.91. The Hall–Kier alpha value is 0.585.